The van der Waals surface area contributed by atoms with E-state index in [1.165, 1.54) is 7.11 Å². The van der Waals surface area contributed by atoms with E-state index in [1.807, 2.05) is 39.8 Å². The quantitative estimate of drug-likeness (QED) is 0.554. The summed E-state index contributed by atoms with van der Waals surface area (Å²) in [6.45, 7) is 7.32. The van der Waals surface area contributed by atoms with E-state index < -0.39 is 17.8 Å². The Morgan fingerprint density at radius 2 is 1.88 bits per heavy atom. The molecule has 2 aromatic rings. The van der Waals surface area contributed by atoms with Crippen LogP contribution in [0.15, 0.2) is 36.5 Å². The number of aromatic nitrogens is 1. The molecule has 3 amide bonds. The van der Waals surface area contributed by atoms with Crippen LogP contribution in [-0.2, 0) is 14.3 Å². The summed E-state index contributed by atoms with van der Waals surface area (Å²) in [4.78, 5) is 41.5. The lowest BCUT2D eigenvalue weighted by molar-refractivity contribution is -0.119. The van der Waals surface area contributed by atoms with Crippen LogP contribution in [0.1, 0.15) is 58.6 Å². The zero-order valence-electron chi connectivity index (χ0n) is 20.2. The first-order chi connectivity index (χ1) is 16.1. The molecule has 0 aliphatic carbocycles. The molecule has 2 bridgehead atoms. The number of anilines is 2. The van der Waals surface area contributed by atoms with Crippen molar-refractivity contribution in [2.45, 2.75) is 58.6 Å². The lowest BCUT2D eigenvalue weighted by Gasteiger charge is -2.25. The lowest BCUT2D eigenvalue weighted by atomic mass is 9.95. The lowest BCUT2D eigenvalue weighted by Crippen LogP contribution is -2.35. The molecule has 9 heteroatoms. The highest BCUT2D eigenvalue weighted by Gasteiger charge is 2.24. The molecule has 34 heavy (non-hydrogen) atoms. The van der Waals surface area contributed by atoms with Gasteiger partial charge in [0.1, 0.15) is 5.60 Å². The van der Waals surface area contributed by atoms with Crippen molar-refractivity contribution in [3.8, 4) is 11.3 Å². The van der Waals surface area contributed by atoms with Crippen LogP contribution in [-0.4, -0.2) is 35.8 Å². The van der Waals surface area contributed by atoms with Crippen molar-refractivity contribution in [3.63, 3.8) is 0 Å². The summed E-state index contributed by atoms with van der Waals surface area (Å²) in [6.07, 6.45) is 2.59. The number of carbonyl (C=O) groups is 3. The average Bonchev–Trinajstić information content (AvgIpc) is 2.76. The molecule has 0 fully saturated rings. The average molecular weight is 469 g/mol. The number of methoxy groups -OCH3 is 1. The number of fused-ring (bicyclic) bond motifs is 4. The van der Waals surface area contributed by atoms with Crippen molar-refractivity contribution < 1.29 is 23.9 Å². The number of pyridine rings is 1. The third kappa shape index (κ3) is 6.69. The third-order valence-corrected chi connectivity index (χ3v) is 5.44. The number of rotatable bonds is 2. The van der Waals surface area contributed by atoms with Crippen LogP contribution in [0.2, 0.25) is 0 Å². The molecular formula is C25H32N4O5. The molecular weight excluding hydrogens is 436 g/mol. The minimum absolute atomic E-state index is 0.134. The van der Waals surface area contributed by atoms with E-state index in [1.54, 1.807) is 24.4 Å². The Morgan fingerprint density at radius 3 is 2.59 bits per heavy atom. The number of carbonyl (C=O) groups excluding carboxylic acids is 3. The third-order valence-electron chi connectivity index (χ3n) is 5.44. The number of nitrogens with one attached hydrogen (secondary N) is 3. The molecule has 2 atom stereocenters. The molecule has 2 heterocycles. The monoisotopic (exact) mass is 468 g/mol. The number of benzene rings is 1. The Balaban J connectivity index is 2.01. The standard InChI is InChI=1S/C25H32N4O5/c1-15-7-6-8-19(29-24(32)34-25(2,3)4)16-11-12-26-20(13-16)18-10-9-17(27-23(31)33-5)14-21(18)28-22(15)30/h9-15,19H,6-8H2,1-5H3,(H,27,31)(H,28,30)(H,29,32)/t15-,19+/m1/s1. The van der Waals surface area contributed by atoms with Crippen molar-refractivity contribution in [3.05, 3.63) is 42.1 Å². The largest absolute Gasteiger partial charge is 0.453 e. The second-order valence-electron chi connectivity index (χ2n) is 9.37. The van der Waals surface area contributed by atoms with Crippen LogP contribution in [0.5, 0.6) is 0 Å². The highest BCUT2D eigenvalue weighted by molar-refractivity contribution is 5.98. The van der Waals surface area contributed by atoms with Crippen molar-refractivity contribution >= 4 is 29.5 Å². The molecule has 3 N–H and O–H groups in total. The highest BCUT2D eigenvalue weighted by Crippen LogP contribution is 2.33. The first-order valence-corrected chi connectivity index (χ1v) is 11.3. The molecule has 0 saturated carbocycles. The summed E-state index contributed by atoms with van der Waals surface area (Å²) < 4.78 is 10.1. The van der Waals surface area contributed by atoms with Gasteiger partial charge in [-0.25, -0.2) is 9.59 Å². The fourth-order valence-electron chi connectivity index (χ4n) is 3.72. The van der Waals surface area contributed by atoms with Crippen LogP contribution < -0.4 is 16.0 Å². The molecule has 1 aliphatic heterocycles. The van der Waals surface area contributed by atoms with Crippen molar-refractivity contribution in [1.82, 2.24) is 10.3 Å². The highest BCUT2D eigenvalue weighted by atomic mass is 16.6. The van der Waals surface area contributed by atoms with E-state index in [0.29, 0.717) is 35.5 Å². The van der Waals surface area contributed by atoms with Gasteiger partial charge < -0.3 is 20.1 Å². The molecule has 0 radical (unpaired) electrons. The fraction of sp³-hybridized carbons (Fsp3) is 0.440. The molecule has 0 unspecified atom stereocenters. The SMILES string of the molecule is COC(=O)Nc1ccc2c(c1)NC(=O)[C@H](C)CCC[C@H](NC(=O)OC(C)(C)C)c1ccnc-2c1. The second kappa shape index (κ2) is 10.5. The van der Waals surface area contributed by atoms with E-state index in [0.717, 1.165) is 12.0 Å². The number of nitrogens with zero attached hydrogens (tertiary/aromatic N) is 1. The van der Waals surface area contributed by atoms with Gasteiger partial charge in [-0.05, 0) is 69.5 Å². The summed E-state index contributed by atoms with van der Waals surface area (Å²) in [7, 11) is 1.28. The minimum Gasteiger partial charge on any atom is -0.453 e. The Labute approximate surface area is 199 Å². The molecule has 0 spiro atoms. The second-order valence-corrected chi connectivity index (χ2v) is 9.37. The van der Waals surface area contributed by atoms with Gasteiger partial charge in [-0.3, -0.25) is 15.1 Å². The van der Waals surface area contributed by atoms with Gasteiger partial charge in [0.25, 0.3) is 0 Å². The number of amides is 3. The predicted molar refractivity (Wildman–Crippen MR) is 129 cm³/mol. The van der Waals surface area contributed by atoms with Crippen molar-refractivity contribution in [1.29, 1.82) is 0 Å². The summed E-state index contributed by atoms with van der Waals surface area (Å²) in [5.41, 5.74) is 2.59. The van der Waals surface area contributed by atoms with Crippen LogP contribution >= 0.6 is 0 Å². The molecule has 1 aliphatic rings. The molecule has 3 rings (SSSR count). The fourth-order valence-corrected chi connectivity index (χ4v) is 3.72. The first-order valence-electron chi connectivity index (χ1n) is 11.3. The van der Waals surface area contributed by atoms with Gasteiger partial charge in [0, 0.05) is 23.4 Å². The van der Waals surface area contributed by atoms with Crippen LogP contribution in [0.3, 0.4) is 0 Å². The smallest absolute Gasteiger partial charge is 0.411 e. The van der Waals surface area contributed by atoms with E-state index in [9.17, 15) is 14.4 Å². The maximum absolute atomic E-state index is 12.9. The normalized spacial score (nSPS) is 18.3. The summed E-state index contributed by atoms with van der Waals surface area (Å²) in [5, 5.41) is 8.56. The van der Waals surface area contributed by atoms with Crippen LogP contribution in [0.25, 0.3) is 11.3 Å². The van der Waals surface area contributed by atoms with Gasteiger partial charge in [0.05, 0.1) is 24.5 Å². The van der Waals surface area contributed by atoms with Gasteiger partial charge in [0.2, 0.25) is 5.91 Å². The summed E-state index contributed by atoms with van der Waals surface area (Å²) in [6, 6.07) is 8.63. The Hall–Kier alpha value is -3.62. The van der Waals surface area contributed by atoms with Gasteiger partial charge in [0.15, 0.2) is 0 Å². The molecule has 1 aromatic carbocycles. The van der Waals surface area contributed by atoms with E-state index >= 15 is 0 Å². The zero-order chi connectivity index (χ0) is 24.9. The summed E-state index contributed by atoms with van der Waals surface area (Å²) >= 11 is 0. The van der Waals surface area contributed by atoms with Gasteiger partial charge in [-0.15, -0.1) is 0 Å². The number of hydrogen-bond acceptors (Lipinski definition) is 6. The van der Waals surface area contributed by atoms with E-state index in [2.05, 4.69) is 25.7 Å². The van der Waals surface area contributed by atoms with Gasteiger partial charge in [-0.2, -0.15) is 0 Å². The van der Waals surface area contributed by atoms with Gasteiger partial charge >= 0.3 is 12.2 Å². The van der Waals surface area contributed by atoms with Crippen molar-refractivity contribution in [2.75, 3.05) is 17.7 Å². The Kier molecular flexibility index (Phi) is 7.75. The minimum atomic E-state index is -0.611. The first kappa shape index (κ1) is 25.0. The van der Waals surface area contributed by atoms with Gasteiger partial charge in [-0.1, -0.05) is 13.3 Å². The number of alkyl carbamates (subject to hydrolysis) is 1. The number of ether oxygens (including phenoxy) is 2. The molecule has 9 nitrogen and oxygen atoms in total. The molecule has 182 valence electrons. The van der Waals surface area contributed by atoms with Crippen LogP contribution in [0.4, 0.5) is 21.0 Å². The van der Waals surface area contributed by atoms with Crippen LogP contribution in [0, 0.1) is 5.92 Å². The van der Waals surface area contributed by atoms with E-state index in [-0.39, 0.29) is 17.9 Å². The topological polar surface area (TPSA) is 119 Å². The zero-order valence-corrected chi connectivity index (χ0v) is 20.2. The summed E-state index contributed by atoms with van der Waals surface area (Å²) in [5.74, 6) is -0.386. The van der Waals surface area contributed by atoms with E-state index in [4.69, 9.17) is 4.74 Å². The van der Waals surface area contributed by atoms with Crippen molar-refractivity contribution in [2.24, 2.45) is 5.92 Å². The maximum atomic E-state index is 12.9. The Bertz CT molecular complexity index is 1060. The molecule has 1 aromatic heterocycles. The Morgan fingerprint density at radius 1 is 1.12 bits per heavy atom. The number of hydrogen-bond donors (Lipinski definition) is 3. The molecule has 0 saturated heterocycles. The maximum Gasteiger partial charge on any atom is 0.411 e. The predicted octanol–water partition coefficient (Wildman–Crippen LogP) is 5.25.